The molecular weight excluding hydrogens is 300 g/mol. The second kappa shape index (κ2) is 6.32. The van der Waals surface area contributed by atoms with Crippen LogP contribution in [0.2, 0.25) is 5.02 Å². The largest absolute Gasteiger partial charge is 0.346 e. The van der Waals surface area contributed by atoms with E-state index in [0.717, 1.165) is 11.3 Å². The van der Waals surface area contributed by atoms with E-state index in [1.165, 1.54) is 12.4 Å². The van der Waals surface area contributed by atoms with Crippen LogP contribution in [-0.2, 0) is 0 Å². The second-order valence-electron chi connectivity index (χ2n) is 6.08. The Balaban J connectivity index is 2.12. The number of carbonyl (C=O) groups excluding carboxylic acids is 1. The van der Waals surface area contributed by atoms with Gasteiger partial charge in [-0.2, -0.15) is 0 Å². The number of hydrogen-bond acceptors (Lipinski definition) is 4. The van der Waals surface area contributed by atoms with Crippen LogP contribution in [0, 0.1) is 6.92 Å². The molecule has 1 amide bonds. The highest BCUT2D eigenvalue weighted by molar-refractivity contribution is 6.30. The van der Waals surface area contributed by atoms with Crippen LogP contribution in [0.3, 0.4) is 0 Å². The fraction of sp³-hybridized carbons (Fsp3) is 0.312. The first-order valence-corrected chi connectivity index (χ1v) is 7.30. The van der Waals surface area contributed by atoms with Crippen molar-refractivity contribution in [1.82, 2.24) is 15.3 Å². The summed E-state index contributed by atoms with van der Waals surface area (Å²) in [5.41, 5.74) is 1.87. The maximum Gasteiger partial charge on any atom is 0.271 e. The standard InChI is InChI=1S/C16H19ClN4O/c1-10-5-6-11(17)7-12(10)20-14-9-18-13(8-19-14)15(22)21-16(2,3)4/h5-9H,1-4H3,(H,19,20)(H,21,22). The molecule has 0 radical (unpaired) electrons. The molecule has 0 atom stereocenters. The third-order valence-electron chi connectivity index (χ3n) is 2.84. The summed E-state index contributed by atoms with van der Waals surface area (Å²) < 4.78 is 0. The Bertz CT molecular complexity index is 678. The molecule has 1 aromatic heterocycles. The Morgan fingerprint density at radius 2 is 1.91 bits per heavy atom. The quantitative estimate of drug-likeness (QED) is 0.905. The van der Waals surface area contributed by atoms with Gasteiger partial charge >= 0.3 is 0 Å². The number of halogens is 1. The molecule has 0 aliphatic carbocycles. The van der Waals surface area contributed by atoms with Crippen LogP contribution < -0.4 is 10.6 Å². The van der Waals surface area contributed by atoms with Crippen molar-refractivity contribution in [3.63, 3.8) is 0 Å². The minimum Gasteiger partial charge on any atom is -0.346 e. The van der Waals surface area contributed by atoms with Crippen molar-refractivity contribution in [3.8, 4) is 0 Å². The molecule has 0 aliphatic heterocycles. The average molecular weight is 319 g/mol. The lowest BCUT2D eigenvalue weighted by atomic mass is 10.1. The van der Waals surface area contributed by atoms with E-state index >= 15 is 0 Å². The van der Waals surface area contributed by atoms with Gasteiger partial charge in [-0.15, -0.1) is 0 Å². The molecule has 0 saturated heterocycles. The first-order chi connectivity index (χ1) is 10.2. The monoisotopic (exact) mass is 318 g/mol. The Labute approximate surface area is 135 Å². The van der Waals surface area contributed by atoms with E-state index in [-0.39, 0.29) is 17.1 Å². The molecule has 5 nitrogen and oxygen atoms in total. The number of benzene rings is 1. The third kappa shape index (κ3) is 4.43. The van der Waals surface area contributed by atoms with E-state index < -0.39 is 0 Å². The zero-order valence-electron chi connectivity index (χ0n) is 13.1. The fourth-order valence-electron chi connectivity index (χ4n) is 1.78. The van der Waals surface area contributed by atoms with Gasteiger partial charge in [-0.25, -0.2) is 9.97 Å². The molecule has 0 unspecified atom stereocenters. The topological polar surface area (TPSA) is 66.9 Å². The Morgan fingerprint density at radius 1 is 1.18 bits per heavy atom. The van der Waals surface area contributed by atoms with Crippen LogP contribution in [-0.4, -0.2) is 21.4 Å². The van der Waals surface area contributed by atoms with Crippen molar-refractivity contribution < 1.29 is 4.79 Å². The zero-order valence-corrected chi connectivity index (χ0v) is 13.8. The maximum absolute atomic E-state index is 12.0. The summed E-state index contributed by atoms with van der Waals surface area (Å²) in [6.07, 6.45) is 2.97. The van der Waals surface area contributed by atoms with E-state index in [9.17, 15) is 4.79 Å². The Morgan fingerprint density at radius 3 is 2.50 bits per heavy atom. The summed E-state index contributed by atoms with van der Waals surface area (Å²) in [4.78, 5) is 20.3. The van der Waals surface area contributed by atoms with Gasteiger partial charge in [0.25, 0.3) is 5.91 Å². The molecule has 2 rings (SSSR count). The van der Waals surface area contributed by atoms with Crippen molar-refractivity contribution in [2.45, 2.75) is 33.2 Å². The van der Waals surface area contributed by atoms with Gasteiger partial charge in [0.1, 0.15) is 11.5 Å². The van der Waals surface area contributed by atoms with Crippen LogP contribution >= 0.6 is 11.6 Å². The van der Waals surface area contributed by atoms with E-state index in [1.807, 2.05) is 45.9 Å². The van der Waals surface area contributed by atoms with E-state index in [4.69, 9.17) is 11.6 Å². The van der Waals surface area contributed by atoms with Crippen molar-refractivity contribution in [2.24, 2.45) is 0 Å². The van der Waals surface area contributed by atoms with Gasteiger partial charge in [0.2, 0.25) is 0 Å². The molecule has 22 heavy (non-hydrogen) atoms. The van der Waals surface area contributed by atoms with Crippen LogP contribution in [0.5, 0.6) is 0 Å². The van der Waals surface area contributed by atoms with Gasteiger partial charge in [0.15, 0.2) is 0 Å². The van der Waals surface area contributed by atoms with Gasteiger partial charge in [0.05, 0.1) is 12.4 Å². The molecule has 0 saturated carbocycles. The van der Waals surface area contributed by atoms with Crippen molar-refractivity contribution in [3.05, 3.63) is 46.9 Å². The minimum atomic E-state index is -0.312. The average Bonchev–Trinajstić information content (AvgIpc) is 2.42. The molecule has 2 aromatic rings. The lowest BCUT2D eigenvalue weighted by molar-refractivity contribution is 0.0914. The van der Waals surface area contributed by atoms with Gasteiger partial charge < -0.3 is 10.6 Å². The molecule has 6 heteroatoms. The van der Waals surface area contributed by atoms with Crippen molar-refractivity contribution in [1.29, 1.82) is 0 Å². The summed E-state index contributed by atoms with van der Waals surface area (Å²) >= 11 is 5.98. The van der Waals surface area contributed by atoms with Crippen molar-refractivity contribution >= 4 is 29.0 Å². The summed E-state index contributed by atoms with van der Waals surface area (Å²) in [6, 6.07) is 5.57. The molecule has 0 bridgehead atoms. The van der Waals surface area contributed by atoms with Crippen LogP contribution in [0.4, 0.5) is 11.5 Å². The van der Waals surface area contributed by atoms with Crippen LogP contribution in [0.25, 0.3) is 0 Å². The third-order valence-corrected chi connectivity index (χ3v) is 3.07. The highest BCUT2D eigenvalue weighted by Gasteiger charge is 2.16. The predicted octanol–water partition coefficient (Wildman–Crippen LogP) is 3.71. The van der Waals surface area contributed by atoms with Crippen molar-refractivity contribution in [2.75, 3.05) is 5.32 Å². The highest BCUT2D eigenvalue weighted by atomic mass is 35.5. The predicted molar refractivity (Wildman–Crippen MR) is 88.7 cm³/mol. The molecule has 116 valence electrons. The zero-order chi connectivity index (χ0) is 16.3. The normalized spacial score (nSPS) is 11.1. The number of anilines is 2. The lowest BCUT2D eigenvalue weighted by Gasteiger charge is -2.20. The number of amides is 1. The number of hydrogen-bond donors (Lipinski definition) is 2. The number of aromatic nitrogens is 2. The molecular formula is C16H19ClN4O. The van der Waals surface area contributed by atoms with Crippen LogP contribution in [0.1, 0.15) is 36.8 Å². The first-order valence-electron chi connectivity index (χ1n) is 6.92. The molecule has 1 aromatic carbocycles. The molecule has 2 N–H and O–H groups in total. The van der Waals surface area contributed by atoms with Crippen LogP contribution in [0.15, 0.2) is 30.6 Å². The molecule has 0 spiro atoms. The minimum absolute atomic E-state index is 0.245. The van der Waals surface area contributed by atoms with E-state index in [1.54, 1.807) is 0 Å². The Kier molecular flexibility index (Phi) is 4.66. The molecule has 1 heterocycles. The lowest BCUT2D eigenvalue weighted by Crippen LogP contribution is -2.40. The number of nitrogens with one attached hydrogen (secondary N) is 2. The smallest absolute Gasteiger partial charge is 0.271 e. The maximum atomic E-state index is 12.0. The fourth-order valence-corrected chi connectivity index (χ4v) is 1.95. The van der Waals surface area contributed by atoms with Gasteiger partial charge in [-0.1, -0.05) is 17.7 Å². The number of rotatable bonds is 3. The number of aryl methyl sites for hydroxylation is 1. The van der Waals surface area contributed by atoms with Gasteiger partial charge in [-0.05, 0) is 45.4 Å². The Hall–Kier alpha value is -2.14. The second-order valence-corrected chi connectivity index (χ2v) is 6.51. The van der Waals surface area contributed by atoms with Gasteiger partial charge in [0, 0.05) is 16.2 Å². The first kappa shape index (κ1) is 16.2. The summed E-state index contributed by atoms with van der Waals surface area (Å²) in [5, 5.41) is 6.62. The SMILES string of the molecule is Cc1ccc(Cl)cc1Nc1cnc(C(=O)NC(C)(C)C)cn1. The van der Waals surface area contributed by atoms with E-state index in [2.05, 4.69) is 20.6 Å². The summed E-state index contributed by atoms with van der Waals surface area (Å²) in [5.74, 6) is 0.308. The number of carbonyl (C=O) groups is 1. The molecule has 0 aliphatic rings. The summed E-state index contributed by atoms with van der Waals surface area (Å²) in [6.45, 7) is 7.71. The highest BCUT2D eigenvalue weighted by Crippen LogP contribution is 2.22. The number of nitrogens with zero attached hydrogens (tertiary/aromatic N) is 2. The van der Waals surface area contributed by atoms with E-state index in [0.29, 0.717) is 10.8 Å². The summed E-state index contributed by atoms with van der Waals surface area (Å²) in [7, 11) is 0. The van der Waals surface area contributed by atoms with Gasteiger partial charge in [-0.3, -0.25) is 4.79 Å². The molecule has 0 fully saturated rings.